The van der Waals surface area contributed by atoms with Crippen molar-refractivity contribution in [2.75, 3.05) is 20.3 Å². The van der Waals surface area contributed by atoms with Crippen molar-refractivity contribution >= 4 is 12.0 Å². The van der Waals surface area contributed by atoms with Crippen molar-refractivity contribution in [3.63, 3.8) is 0 Å². The minimum atomic E-state index is -3.06. The van der Waals surface area contributed by atoms with Crippen LogP contribution in [0.5, 0.6) is 5.75 Å². The quantitative estimate of drug-likeness (QED) is 0.465. The zero-order valence-electron chi connectivity index (χ0n) is 17.7. The van der Waals surface area contributed by atoms with Crippen LogP contribution in [0.3, 0.4) is 0 Å². The van der Waals surface area contributed by atoms with E-state index < -0.39 is 24.7 Å². The predicted molar refractivity (Wildman–Crippen MR) is 112 cm³/mol. The molecule has 0 fully saturated rings. The molecule has 1 N–H and O–H groups in total. The Morgan fingerprint density at radius 1 is 1.09 bits per heavy atom. The number of nitrogens with one attached hydrogen (secondary N) is 1. The van der Waals surface area contributed by atoms with Gasteiger partial charge in [-0.25, -0.2) is 9.59 Å². The number of para-hydroxylation sites is 1. The number of urea groups is 1. The van der Waals surface area contributed by atoms with Crippen molar-refractivity contribution in [2.24, 2.45) is 0 Å². The Bertz CT molecular complexity index is 981. The van der Waals surface area contributed by atoms with Crippen molar-refractivity contribution in [2.45, 2.75) is 26.1 Å². The number of hydrogen-bond donors (Lipinski definition) is 1. The first-order valence-electron chi connectivity index (χ1n) is 9.95. The first kappa shape index (κ1) is 23.2. The van der Waals surface area contributed by atoms with Crippen molar-refractivity contribution in [1.82, 2.24) is 10.2 Å². The molecule has 1 heterocycles. The molecule has 1 unspecified atom stereocenters. The van der Waals surface area contributed by atoms with Gasteiger partial charge in [-0.05, 0) is 18.6 Å². The number of rotatable bonds is 9. The summed E-state index contributed by atoms with van der Waals surface area (Å²) in [5, 5.41) is 2.74. The van der Waals surface area contributed by atoms with E-state index in [2.05, 4.69) is 10.1 Å². The van der Waals surface area contributed by atoms with Crippen LogP contribution in [0.25, 0.3) is 0 Å². The van der Waals surface area contributed by atoms with Gasteiger partial charge in [0.05, 0.1) is 24.8 Å². The van der Waals surface area contributed by atoms with Gasteiger partial charge in [-0.2, -0.15) is 8.78 Å². The van der Waals surface area contributed by atoms with Gasteiger partial charge in [-0.15, -0.1) is 0 Å². The minimum absolute atomic E-state index is 0.000641. The summed E-state index contributed by atoms with van der Waals surface area (Å²) in [5.41, 5.74) is 1.56. The number of methoxy groups -OCH3 is 1. The zero-order chi connectivity index (χ0) is 23.1. The number of nitrogens with zero attached hydrogens (tertiary/aromatic N) is 1. The van der Waals surface area contributed by atoms with Crippen molar-refractivity contribution in [3.8, 4) is 5.75 Å². The number of benzene rings is 2. The van der Waals surface area contributed by atoms with Gasteiger partial charge in [0.25, 0.3) is 0 Å². The molecule has 2 aromatic carbocycles. The molecule has 32 heavy (non-hydrogen) atoms. The molecular formula is C23H24F2N2O5. The second kappa shape index (κ2) is 10.7. The fourth-order valence-electron chi connectivity index (χ4n) is 3.45. The van der Waals surface area contributed by atoms with E-state index >= 15 is 0 Å². The molecule has 9 heteroatoms. The van der Waals surface area contributed by atoms with E-state index in [1.54, 1.807) is 13.0 Å². The Kier molecular flexibility index (Phi) is 7.77. The average molecular weight is 446 g/mol. The SMILES string of the molecule is COCCOC(=O)C1=C(C)N(Cc2ccccc2)C(=O)NC1c1ccccc1OC(F)F. The van der Waals surface area contributed by atoms with E-state index in [1.165, 1.54) is 30.2 Å². The van der Waals surface area contributed by atoms with Gasteiger partial charge in [-0.3, -0.25) is 4.90 Å². The zero-order valence-corrected chi connectivity index (χ0v) is 17.7. The molecule has 0 spiro atoms. The summed E-state index contributed by atoms with van der Waals surface area (Å²) in [5.74, 6) is -0.825. The molecule has 2 aromatic rings. The van der Waals surface area contributed by atoms with Crippen LogP contribution in [0.2, 0.25) is 0 Å². The molecule has 7 nitrogen and oxygen atoms in total. The number of carbonyl (C=O) groups is 2. The Morgan fingerprint density at radius 2 is 1.78 bits per heavy atom. The lowest BCUT2D eigenvalue weighted by atomic mass is 9.94. The number of halogens is 2. The molecule has 0 saturated heterocycles. The van der Waals surface area contributed by atoms with E-state index in [9.17, 15) is 18.4 Å². The van der Waals surface area contributed by atoms with Crippen LogP contribution in [0.1, 0.15) is 24.1 Å². The Labute approximate surface area is 184 Å². The van der Waals surface area contributed by atoms with Crippen LogP contribution < -0.4 is 10.1 Å². The fraction of sp³-hybridized carbons (Fsp3) is 0.304. The summed E-state index contributed by atoms with van der Waals surface area (Å²) in [4.78, 5) is 27.4. The third-order valence-electron chi connectivity index (χ3n) is 4.97. The first-order valence-corrected chi connectivity index (χ1v) is 9.95. The molecule has 0 saturated carbocycles. The van der Waals surface area contributed by atoms with Crippen LogP contribution in [0, 0.1) is 0 Å². The Balaban J connectivity index is 2.03. The standard InChI is InChI=1S/C23H24F2N2O5/c1-15-19(21(28)31-13-12-30-2)20(17-10-6-7-11-18(17)32-22(24)25)26-23(29)27(15)14-16-8-4-3-5-9-16/h3-11,20,22H,12-14H2,1-2H3,(H,26,29). The summed E-state index contributed by atoms with van der Waals surface area (Å²) in [6, 6.07) is 13.8. The fourth-order valence-corrected chi connectivity index (χ4v) is 3.45. The summed E-state index contributed by atoms with van der Waals surface area (Å²) in [6.07, 6.45) is 0. The first-order chi connectivity index (χ1) is 15.4. The highest BCUT2D eigenvalue weighted by Gasteiger charge is 2.38. The Morgan fingerprint density at radius 3 is 2.47 bits per heavy atom. The Hall–Kier alpha value is -3.46. The maximum atomic E-state index is 13.0. The lowest BCUT2D eigenvalue weighted by Crippen LogP contribution is -2.47. The van der Waals surface area contributed by atoms with Crippen LogP contribution >= 0.6 is 0 Å². The monoisotopic (exact) mass is 446 g/mol. The molecule has 3 rings (SSSR count). The van der Waals surface area contributed by atoms with Crippen molar-refractivity contribution in [1.29, 1.82) is 0 Å². The highest BCUT2D eigenvalue weighted by Crippen LogP contribution is 2.36. The third-order valence-corrected chi connectivity index (χ3v) is 4.97. The normalized spacial score (nSPS) is 16.2. The van der Waals surface area contributed by atoms with Crippen LogP contribution in [-0.2, 0) is 20.8 Å². The minimum Gasteiger partial charge on any atom is -0.460 e. The highest BCUT2D eigenvalue weighted by molar-refractivity contribution is 5.95. The molecule has 0 radical (unpaired) electrons. The van der Waals surface area contributed by atoms with Crippen LogP contribution in [0.15, 0.2) is 65.9 Å². The van der Waals surface area contributed by atoms with Gasteiger partial charge < -0.3 is 19.5 Å². The van der Waals surface area contributed by atoms with Crippen molar-refractivity contribution < 1.29 is 32.6 Å². The molecule has 1 aliphatic rings. The number of alkyl halides is 2. The van der Waals surface area contributed by atoms with Crippen LogP contribution in [-0.4, -0.2) is 43.8 Å². The number of amides is 2. The largest absolute Gasteiger partial charge is 0.460 e. The number of carbonyl (C=O) groups excluding carboxylic acids is 2. The summed E-state index contributed by atoms with van der Waals surface area (Å²) in [6.45, 7) is -1.03. The van der Waals surface area contributed by atoms with E-state index in [1.807, 2.05) is 30.3 Å². The molecule has 1 atom stereocenters. The summed E-state index contributed by atoms with van der Waals surface area (Å²) >= 11 is 0. The molecule has 2 amide bonds. The summed E-state index contributed by atoms with van der Waals surface area (Å²) < 4.78 is 40.8. The highest BCUT2D eigenvalue weighted by atomic mass is 19.3. The molecule has 0 bridgehead atoms. The molecular weight excluding hydrogens is 422 g/mol. The maximum absolute atomic E-state index is 13.0. The topological polar surface area (TPSA) is 77.1 Å². The third kappa shape index (κ3) is 5.42. The molecule has 170 valence electrons. The molecule has 0 aromatic heterocycles. The lowest BCUT2D eigenvalue weighted by Gasteiger charge is -2.36. The van der Waals surface area contributed by atoms with Crippen molar-refractivity contribution in [3.05, 3.63) is 77.0 Å². The summed E-state index contributed by atoms with van der Waals surface area (Å²) in [7, 11) is 1.47. The van der Waals surface area contributed by atoms with Gasteiger partial charge in [-0.1, -0.05) is 48.5 Å². The number of allylic oxidation sites excluding steroid dienone is 1. The second-order valence-corrected chi connectivity index (χ2v) is 7.00. The molecule has 0 aliphatic carbocycles. The lowest BCUT2D eigenvalue weighted by molar-refractivity contribution is -0.140. The average Bonchev–Trinajstić information content (AvgIpc) is 2.77. The maximum Gasteiger partial charge on any atom is 0.387 e. The van der Waals surface area contributed by atoms with Gasteiger partial charge in [0.15, 0.2) is 0 Å². The smallest absolute Gasteiger partial charge is 0.387 e. The van der Waals surface area contributed by atoms with E-state index in [-0.39, 0.29) is 36.6 Å². The van der Waals surface area contributed by atoms with Gasteiger partial charge in [0.2, 0.25) is 0 Å². The van der Waals surface area contributed by atoms with Gasteiger partial charge in [0, 0.05) is 18.4 Å². The van der Waals surface area contributed by atoms with E-state index in [0.717, 1.165) is 5.56 Å². The molecule has 1 aliphatic heterocycles. The second-order valence-electron chi connectivity index (χ2n) is 7.00. The number of hydrogen-bond acceptors (Lipinski definition) is 5. The van der Waals surface area contributed by atoms with E-state index in [4.69, 9.17) is 9.47 Å². The number of esters is 1. The van der Waals surface area contributed by atoms with Crippen LogP contribution in [0.4, 0.5) is 13.6 Å². The predicted octanol–water partition coefficient (Wildman–Crippen LogP) is 4.02. The number of ether oxygens (including phenoxy) is 3. The van der Waals surface area contributed by atoms with Gasteiger partial charge in [0.1, 0.15) is 12.4 Å². The van der Waals surface area contributed by atoms with Gasteiger partial charge >= 0.3 is 18.6 Å². The van der Waals surface area contributed by atoms with E-state index in [0.29, 0.717) is 5.70 Å².